The number of anilines is 1. The average molecular weight is 341 g/mol. The van der Waals surface area contributed by atoms with Gasteiger partial charge >= 0.3 is 12.1 Å². The second-order valence-electron chi connectivity index (χ2n) is 5.67. The molecular formula is C17H18F3NO3. The molecule has 0 bridgehead atoms. The Hall–Kier alpha value is -2.31. The highest BCUT2D eigenvalue weighted by Crippen LogP contribution is 2.29. The number of hydrogen-bond acceptors (Lipinski definition) is 3. The first-order chi connectivity index (χ1) is 11.3. The molecule has 24 heavy (non-hydrogen) atoms. The van der Waals surface area contributed by atoms with Crippen molar-refractivity contribution in [3.8, 4) is 0 Å². The molecule has 0 saturated carbocycles. The lowest BCUT2D eigenvalue weighted by molar-refractivity contribution is -0.153. The largest absolute Gasteiger partial charge is 0.453 e. The van der Waals surface area contributed by atoms with E-state index in [0.717, 1.165) is 37.1 Å². The number of rotatable bonds is 5. The molecule has 1 aromatic rings. The highest BCUT2D eigenvalue weighted by molar-refractivity contribution is 5.95. The monoisotopic (exact) mass is 341 g/mol. The standard InChI is InChI=1S/C17H18F3NO3/c1-11(24-15(22)10-12-4-2-3-5-12)16(23)21-14-8-6-13(7-9-14)17(18,19)20/h2,4,6-9,11-12H,3,5,10H2,1H3,(H,21,23)/t11-,12+/m0/s1. The van der Waals surface area contributed by atoms with E-state index < -0.39 is 29.7 Å². The van der Waals surface area contributed by atoms with Gasteiger partial charge in [0.25, 0.3) is 5.91 Å². The van der Waals surface area contributed by atoms with Gasteiger partial charge in [0.1, 0.15) is 0 Å². The molecule has 1 N–H and O–H groups in total. The first-order valence-electron chi connectivity index (χ1n) is 7.60. The van der Waals surface area contributed by atoms with Crippen LogP contribution in [0.3, 0.4) is 0 Å². The van der Waals surface area contributed by atoms with E-state index in [1.54, 1.807) is 0 Å². The second-order valence-corrected chi connectivity index (χ2v) is 5.67. The van der Waals surface area contributed by atoms with Gasteiger partial charge in [-0.1, -0.05) is 12.2 Å². The molecule has 0 spiro atoms. The number of amides is 1. The molecule has 130 valence electrons. The van der Waals surface area contributed by atoms with Gasteiger partial charge in [0, 0.05) is 5.69 Å². The molecule has 1 aliphatic rings. The summed E-state index contributed by atoms with van der Waals surface area (Å²) in [5, 5.41) is 2.42. The highest BCUT2D eigenvalue weighted by atomic mass is 19.4. The molecule has 7 heteroatoms. The Labute approximate surface area is 137 Å². The maximum Gasteiger partial charge on any atom is 0.416 e. The number of carbonyl (C=O) groups excluding carboxylic acids is 2. The summed E-state index contributed by atoms with van der Waals surface area (Å²) < 4.78 is 42.5. The van der Waals surface area contributed by atoms with Crippen molar-refractivity contribution in [2.75, 3.05) is 5.32 Å². The normalized spacial score (nSPS) is 18.2. The molecule has 1 aromatic carbocycles. The molecule has 0 aliphatic heterocycles. The minimum absolute atomic E-state index is 0.141. The summed E-state index contributed by atoms with van der Waals surface area (Å²) in [7, 11) is 0. The Bertz CT molecular complexity index is 623. The van der Waals surface area contributed by atoms with E-state index in [1.165, 1.54) is 6.92 Å². The molecule has 0 heterocycles. The molecule has 0 radical (unpaired) electrons. The number of carbonyl (C=O) groups is 2. The van der Waals surface area contributed by atoms with E-state index in [9.17, 15) is 22.8 Å². The van der Waals surface area contributed by atoms with Crippen LogP contribution >= 0.6 is 0 Å². The molecule has 2 atom stereocenters. The van der Waals surface area contributed by atoms with Crippen LogP contribution in [0, 0.1) is 5.92 Å². The van der Waals surface area contributed by atoms with Crippen molar-refractivity contribution >= 4 is 17.6 Å². The number of halogens is 3. The van der Waals surface area contributed by atoms with Crippen LogP contribution in [0.2, 0.25) is 0 Å². The van der Waals surface area contributed by atoms with Crippen molar-refractivity contribution in [3.63, 3.8) is 0 Å². The van der Waals surface area contributed by atoms with Gasteiger partial charge in [-0.25, -0.2) is 0 Å². The van der Waals surface area contributed by atoms with Crippen molar-refractivity contribution in [1.29, 1.82) is 0 Å². The van der Waals surface area contributed by atoms with E-state index in [-0.39, 0.29) is 18.0 Å². The number of allylic oxidation sites excluding steroid dienone is 2. The van der Waals surface area contributed by atoms with Crippen molar-refractivity contribution in [2.45, 2.75) is 38.5 Å². The van der Waals surface area contributed by atoms with Gasteiger partial charge in [-0.2, -0.15) is 13.2 Å². The molecule has 1 amide bonds. The summed E-state index contributed by atoms with van der Waals surface area (Å²) in [6.07, 6.45) is 0.537. The van der Waals surface area contributed by atoms with Crippen molar-refractivity contribution in [2.24, 2.45) is 5.92 Å². The summed E-state index contributed by atoms with van der Waals surface area (Å²) in [6, 6.07) is 4.05. The Morgan fingerprint density at radius 3 is 2.50 bits per heavy atom. The van der Waals surface area contributed by atoms with Crippen molar-refractivity contribution < 1.29 is 27.5 Å². The lowest BCUT2D eigenvalue weighted by atomic mass is 10.1. The SMILES string of the molecule is C[C@H](OC(=O)C[C@@H]1C=CCC1)C(=O)Nc1ccc(C(F)(F)F)cc1. The molecule has 0 unspecified atom stereocenters. The van der Waals surface area contributed by atoms with Crippen molar-refractivity contribution in [3.05, 3.63) is 42.0 Å². The number of nitrogens with one attached hydrogen (secondary N) is 1. The third-order valence-corrected chi connectivity index (χ3v) is 3.70. The van der Waals surface area contributed by atoms with Gasteiger partial charge < -0.3 is 10.1 Å². The van der Waals surface area contributed by atoms with E-state index in [2.05, 4.69) is 5.32 Å². The van der Waals surface area contributed by atoms with Gasteiger partial charge in [-0.15, -0.1) is 0 Å². The van der Waals surface area contributed by atoms with Crippen LogP contribution in [0.15, 0.2) is 36.4 Å². The molecule has 0 saturated heterocycles. The Morgan fingerprint density at radius 2 is 1.96 bits per heavy atom. The van der Waals surface area contributed by atoms with Gasteiger partial charge in [0.05, 0.1) is 12.0 Å². The topological polar surface area (TPSA) is 55.4 Å². The third-order valence-electron chi connectivity index (χ3n) is 3.70. The molecule has 4 nitrogen and oxygen atoms in total. The first kappa shape index (κ1) is 18.0. The minimum Gasteiger partial charge on any atom is -0.453 e. The summed E-state index contributed by atoms with van der Waals surface area (Å²) in [6.45, 7) is 1.42. The van der Waals surface area contributed by atoms with Crippen LogP contribution in [0.5, 0.6) is 0 Å². The molecular weight excluding hydrogens is 323 g/mol. The van der Waals surface area contributed by atoms with Crippen LogP contribution in [0.4, 0.5) is 18.9 Å². The van der Waals surface area contributed by atoms with Gasteiger partial charge in [-0.3, -0.25) is 9.59 Å². The van der Waals surface area contributed by atoms with Gasteiger partial charge in [0.15, 0.2) is 6.10 Å². The second kappa shape index (κ2) is 7.51. The van der Waals surface area contributed by atoms with Crippen LogP contribution in [-0.2, 0) is 20.5 Å². The lowest BCUT2D eigenvalue weighted by Crippen LogP contribution is -2.30. The third kappa shape index (κ3) is 5.11. The summed E-state index contributed by atoms with van der Waals surface area (Å²) in [5.74, 6) is -0.922. The Morgan fingerprint density at radius 1 is 1.29 bits per heavy atom. The number of ether oxygens (including phenoxy) is 1. The fourth-order valence-electron chi connectivity index (χ4n) is 2.36. The van der Waals surface area contributed by atoms with Crippen LogP contribution < -0.4 is 5.32 Å². The summed E-state index contributed by atoms with van der Waals surface area (Å²) >= 11 is 0. The van der Waals surface area contributed by atoms with Gasteiger partial charge in [-0.05, 0) is 49.9 Å². The first-order valence-corrected chi connectivity index (χ1v) is 7.60. The fraction of sp³-hybridized carbons (Fsp3) is 0.412. The number of benzene rings is 1. The quantitative estimate of drug-likeness (QED) is 0.652. The smallest absolute Gasteiger partial charge is 0.416 e. The molecule has 0 aromatic heterocycles. The predicted octanol–water partition coefficient (Wildman–Crippen LogP) is 3.93. The molecule has 2 rings (SSSR count). The van der Waals surface area contributed by atoms with Crippen LogP contribution in [0.1, 0.15) is 31.7 Å². The summed E-state index contributed by atoms with van der Waals surface area (Å²) in [5.41, 5.74) is -0.598. The summed E-state index contributed by atoms with van der Waals surface area (Å²) in [4.78, 5) is 23.7. The zero-order valence-corrected chi connectivity index (χ0v) is 13.1. The van der Waals surface area contributed by atoms with Crippen molar-refractivity contribution in [1.82, 2.24) is 0 Å². The van der Waals surface area contributed by atoms with Crippen LogP contribution in [-0.4, -0.2) is 18.0 Å². The van der Waals surface area contributed by atoms with E-state index >= 15 is 0 Å². The number of esters is 1. The average Bonchev–Trinajstić information content (AvgIpc) is 2.99. The van der Waals surface area contributed by atoms with Gasteiger partial charge in [0.2, 0.25) is 0 Å². The van der Waals surface area contributed by atoms with E-state index in [4.69, 9.17) is 4.74 Å². The molecule has 0 fully saturated rings. The maximum absolute atomic E-state index is 12.5. The minimum atomic E-state index is -4.43. The van der Waals surface area contributed by atoms with Crippen LogP contribution in [0.25, 0.3) is 0 Å². The number of alkyl halides is 3. The number of hydrogen-bond donors (Lipinski definition) is 1. The maximum atomic E-state index is 12.5. The Balaban J connectivity index is 1.84. The zero-order valence-electron chi connectivity index (χ0n) is 13.1. The van der Waals surface area contributed by atoms with E-state index in [0.29, 0.717) is 0 Å². The van der Waals surface area contributed by atoms with E-state index in [1.807, 2.05) is 12.2 Å². The molecule has 1 aliphatic carbocycles. The zero-order chi connectivity index (χ0) is 17.7. The lowest BCUT2D eigenvalue weighted by Gasteiger charge is -2.15. The fourth-order valence-corrected chi connectivity index (χ4v) is 2.36. The predicted molar refractivity (Wildman–Crippen MR) is 82.1 cm³/mol. The Kier molecular flexibility index (Phi) is 5.64. The highest BCUT2D eigenvalue weighted by Gasteiger charge is 2.30.